The number of rotatable bonds is 9. The molecule has 0 bridgehead atoms. The number of unbranched alkanes of at least 4 members (excludes halogenated alkanes) is 2. The molecule has 114 valence electrons. The number of hydrogen-bond donors (Lipinski definition) is 1. The summed E-state index contributed by atoms with van der Waals surface area (Å²) in [6.45, 7) is 7.07. The lowest BCUT2D eigenvalue weighted by molar-refractivity contribution is 0.111. The van der Waals surface area contributed by atoms with Crippen molar-refractivity contribution < 1.29 is 5.11 Å². The highest BCUT2D eigenvalue weighted by Gasteiger charge is 2.14. The zero-order valence-electron chi connectivity index (χ0n) is 12.4. The summed E-state index contributed by atoms with van der Waals surface area (Å²) in [5.41, 5.74) is 0.792. The topological polar surface area (TPSA) is 23.5 Å². The van der Waals surface area contributed by atoms with Crippen LogP contribution in [0.5, 0.6) is 0 Å². The van der Waals surface area contributed by atoms with E-state index < -0.39 is 6.10 Å². The number of aliphatic hydroxyl groups excluding tert-OH is 1. The molecule has 0 spiro atoms. The van der Waals surface area contributed by atoms with Crippen LogP contribution in [0.3, 0.4) is 0 Å². The van der Waals surface area contributed by atoms with Gasteiger partial charge in [-0.3, -0.25) is 0 Å². The number of benzene rings is 1. The highest BCUT2D eigenvalue weighted by atomic mass is 35.5. The fourth-order valence-electron chi connectivity index (χ4n) is 2.18. The standard InChI is InChI=1S/C16H25Cl2NO/c1-3-5-7-19(8-6-4-2)12-16(20)13-9-14(17)11-15(18)10-13/h9-11,16,20H,3-8,12H2,1-2H3. The lowest BCUT2D eigenvalue weighted by Gasteiger charge is -2.25. The molecule has 1 rings (SSSR count). The highest BCUT2D eigenvalue weighted by Crippen LogP contribution is 2.24. The van der Waals surface area contributed by atoms with Crippen LogP contribution in [-0.4, -0.2) is 29.6 Å². The number of aliphatic hydroxyl groups is 1. The van der Waals surface area contributed by atoms with Gasteiger partial charge in [0, 0.05) is 16.6 Å². The molecule has 0 saturated heterocycles. The van der Waals surface area contributed by atoms with Crippen molar-refractivity contribution in [3.63, 3.8) is 0 Å². The number of halogens is 2. The predicted octanol–water partition coefficient (Wildman–Crippen LogP) is 4.93. The minimum Gasteiger partial charge on any atom is -0.387 e. The van der Waals surface area contributed by atoms with Gasteiger partial charge < -0.3 is 10.0 Å². The predicted molar refractivity (Wildman–Crippen MR) is 87.7 cm³/mol. The second-order valence-corrected chi connectivity index (χ2v) is 6.10. The Bertz CT molecular complexity index is 370. The van der Waals surface area contributed by atoms with E-state index >= 15 is 0 Å². The van der Waals surface area contributed by atoms with Gasteiger partial charge in [-0.05, 0) is 49.7 Å². The van der Waals surface area contributed by atoms with Crippen molar-refractivity contribution in [2.45, 2.75) is 45.6 Å². The Morgan fingerprint density at radius 1 is 1.00 bits per heavy atom. The smallest absolute Gasteiger partial charge is 0.0917 e. The first kappa shape index (κ1) is 17.8. The average Bonchev–Trinajstić information content (AvgIpc) is 2.40. The van der Waals surface area contributed by atoms with Gasteiger partial charge in [0.15, 0.2) is 0 Å². The molecule has 0 amide bonds. The van der Waals surface area contributed by atoms with Crippen LogP contribution < -0.4 is 0 Å². The molecule has 0 aliphatic rings. The van der Waals surface area contributed by atoms with Crippen LogP contribution in [0.2, 0.25) is 10.0 Å². The van der Waals surface area contributed by atoms with Crippen molar-refractivity contribution in [3.8, 4) is 0 Å². The third-order valence-corrected chi connectivity index (χ3v) is 3.79. The molecule has 1 N–H and O–H groups in total. The molecule has 4 heteroatoms. The summed E-state index contributed by atoms with van der Waals surface area (Å²) < 4.78 is 0. The molecular formula is C16H25Cl2NO. The Balaban J connectivity index is 2.65. The van der Waals surface area contributed by atoms with Gasteiger partial charge in [0.1, 0.15) is 0 Å². The molecule has 0 aromatic heterocycles. The molecule has 0 heterocycles. The minimum absolute atomic E-state index is 0.542. The number of nitrogens with zero attached hydrogens (tertiary/aromatic N) is 1. The fraction of sp³-hybridized carbons (Fsp3) is 0.625. The summed E-state index contributed by atoms with van der Waals surface area (Å²) in [7, 11) is 0. The van der Waals surface area contributed by atoms with E-state index in [-0.39, 0.29) is 0 Å². The van der Waals surface area contributed by atoms with Crippen molar-refractivity contribution in [2.75, 3.05) is 19.6 Å². The molecule has 20 heavy (non-hydrogen) atoms. The van der Waals surface area contributed by atoms with Crippen molar-refractivity contribution >= 4 is 23.2 Å². The second-order valence-electron chi connectivity index (χ2n) is 5.23. The van der Waals surface area contributed by atoms with Crippen LogP contribution in [0.1, 0.15) is 51.2 Å². The Labute approximate surface area is 132 Å². The van der Waals surface area contributed by atoms with Gasteiger partial charge in [-0.15, -0.1) is 0 Å². The van der Waals surface area contributed by atoms with Crippen molar-refractivity contribution in [3.05, 3.63) is 33.8 Å². The van der Waals surface area contributed by atoms with Crippen LogP contribution in [0.25, 0.3) is 0 Å². The van der Waals surface area contributed by atoms with E-state index in [1.807, 2.05) is 0 Å². The van der Waals surface area contributed by atoms with Gasteiger partial charge in [-0.1, -0.05) is 49.9 Å². The monoisotopic (exact) mass is 317 g/mol. The third-order valence-electron chi connectivity index (χ3n) is 3.36. The molecule has 0 saturated carbocycles. The summed E-state index contributed by atoms with van der Waals surface area (Å²) in [5.74, 6) is 0. The zero-order chi connectivity index (χ0) is 15.0. The molecule has 0 aliphatic heterocycles. The molecule has 1 atom stereocenters. The van der Waals surface area contributed by atoms with Gasteiger partial charge in [0.2, 0.25) is 0 Å². The summed E-state index contributed by atoms with van der Waals surface area (Å²) in [6, 6.07) is 5.26. The summed E-state index contributed by atoms with van der Waals surface area (Å²) in [5, 5.41) is 11.5. The number of hydrogen-bond acceptors (Lipinski definition) is 2. The summed E-state index contributed by atoms with van der Waals surface area (Å²) in [6.07, 6.45) is 4.11. The van der Waals surface area contributed by atoms with Gasteiger partial charge in [-0.25, -0.2) is 0 Å². The van der Waals surface area contributed by atoms with E-state index in [1.165, 1.54) is 12.8 Å². The summed E-state index contributed by atoms with van der Waals surface area (Å²) >= 11 is 12.0. The summed E-state index contributed by atoms with van der Waals surface area (Å²) in [4.78, 5) is 2.33. The molecule has 0 radical (unpaired) electrons. The maximum atomic E-state index is 10.4. The van der Waals surface area contributed by atoms with E-state index in [2.05, 4.69) is 18.7 Å². The van der Waals surface area contributed by atoms with Gasteiger partial charge in [-0.2, -0.15) is 0 Å². The SMILES string of the molecule is CCCCN(CCCC)CC(O)c1cc(Cl)cc(Cl)c1. The van der Waals surface area contributed by atoms with E-state index in [4.69, 9.17) is 23.2 Å². The second kappa shape index (κ2) is 9.62. The molecule has 2 nitrogen and oxygen atoms in total. The minimum atomic E-state index is -0.542. The van der Waals surface area contributed by atoms with Crippen LogP contribution in [-0.2, 0) is 0 Å². The third kappa shape index (κ3) is 6.45. The van der Waals surface area contributed by atoms with Crippen LogP contribution in [0.4, 0.5) is 0 Å². The first-order valence-electron chi connectivity index (χ1n) is 7.43. The first-order valence-corrected chi connectivity index (χ1v) is 8.18. The maximum absolute atomic E-state index is 10.4. The van der Waals surface area contributed by atoms with Crippen molar-refractivity contribution in [1.82, 2.24) is 4.90 Å². The largest absolute Gasteiger partial charge is 0.387 e. The van der Waals surface area contributed by atoms with Crippen LogP contribution >= 0.6 is 23.2 Å². The molecule has 1 unspecified atom stereocenters. The molecule has 1 aromatic rings. The Hall–Kier alpha value is -0.280. The van der Waals surface area contributed by atoms with Crippen molar-refractivity contribution in [1.29, 1.82) is 0 Å². The molecular weight excluding hydrogens is 293 g/mol. The Morgan fingerprint density at radius 2 is 1.50 bits per heavy atom. The van der Waals surface area contributed by atoms with E-state index in [9.17, 15) is 5.11 Å². The molecule has 0 fully saturated rings. The molecule has 1 aromatic carbocycles. The maximum Gasteiger partial charge on any atom is 0.0917 e. The Kier molecular flexibility index (Phi) is 8.55. The fourth-order valence-corrected chi connectivity index (χ4v) is 2.72. The first-order chi connectivity index (χ1) is 9.56. The lowest BCUT2D eigenvalue weighted by Crippen LogP contribution is -2.30. The van der Waals surface area contributed by atoms with Gasteiger partial charge >= 0.3 is 0 Å². The normalized spacial score (nSPS) is 12.9. The van der Waals surface area contributed by atoms with E-state index in [0.29, 0.717) is 16.6 Å². The van der Waals surface area contributed by atoms with Crippen LogP contribution in [0, 0.1) is 0 Å². The quantitative estimate of drug-likeness (QED) is 0.698. The van der Waals surface area contributed by atoms with E-state index in [0.717, 1.165) is 31.5 Å². The van der Waals surface area contributed by atoms with E-state index in [1.54, 1.807) is 18.2 Å². The zero-order valence-corrected chi connectivity index (χ0v) is 13.9. The molecule has 0 aliphatic carbocycles. The highest BCUT2D eigenvalue weighted by molar-refractivity contribution is 6.34. The Morgan fingerprint density at radius 3 is 1.95 bits per heavy atom. The average molecular weight is 318 g/mol. The van der Waals surface area contributed by atoms with Gasteiger partial charge in [0.05, 0.1) is 6.10 Å². The lowest BCUT2D eigenvalue weighted by atomic mass is 10.1. The van der Waals surface area contributed by atoms with Crippen molar-refractivity contribution in [2.24, 2.45) is 0 Å². The van der Waals surface area contributed by atoms with Crippen LogP contribution in [0.15, 0.2) is 18.2 Å². The van der Waals surface area contributed by atoms with Gasteiger partial charge in [0.25, 0.3) is 0 Å².